The summed E-state index contributed by atoms with van der Waals surface area (Å²) in [6, 6.07) is 7.76. The van der Waals surface area contributed by atoms with Gasteiger partial charge < -0.3 is 19.6 Å². The molecule has 0 spiro atoms. The fourth-order valence-electron chi connectivity index (χ4n) is 5.44. The smallest absolute Gasteiger partial charge is 0.381 e. The molecule has 5 heterocycles. The van der Waals surface area contributed by atoms with Gasteiger partial charge in [0, 0.05) is 54.9 Å². The number of hydrogen-bond acceptors (Lipinski definition) is 4. The molecule has 1 aromatic carbocycles. The molecule has 0 unspecified atom stereocenters. The van der Waals surface area contributed by atoms with Crippen LogP contribution in [0.4, 0.5) is 13.2 Å². The van der Waals surface area contributed by atoms with Crippen molar-refractivity contribution in [2.45, 2.75) is 43.7 Å². The lowest BCUT2D eigenvalue weighted by Gasteiger charge is -2.32. The number of pyridine rings is 1. The molecular weight excluding hydrogens is 471 g/mol. The van der Waals surface area contributed by atoms with Crippen molar-refractivity contribution in [3.63, 3.8) is 0 Å². The molecule has 0 atom stereocenters. The zero-order valence-electron chi connectivity index (χ0n) is 19.6. The van der Waals surface area contributed by atoms with Crippen molar-refractivity contribution < 1.29 is 22.7 Å². The molecule has 1 amide bonds. The number of halogens is 3. The Kier molecular flexibility index (Phi) is 5.70. The number of fused-ring (bicyclic) bond motifs is 2. The van der Waals surface area contributed by atoms with Crippen molar-refractivity contribution in [3.8, 4) is 0 Å². The molecule has 4 aromatic rings. The predicted molar refractivity (Wildman–Crippen MR) is 128 cm³/mol. The lowest BCUT2D eigenvalue weighted by molar-refractivity contribution is -0.140. The maximum atomic E-state index is 13.1. The van der Waals surface area contributed by atoms with Crippen LogP contribution in [0.5, 0.6) is 0 Å². The van der Waals surface area contributed by atoms with E-state index in [1.165, 1.54) is 11.6 Å². The number of likely N-dealkylation sites (tertiary alicyclic amines) is 1. The van der Waals surface area contributed by atoms with Gasteiger partial charge in [-0.25, -0.2) is 9.97 Å². The van der Waals surface area contributed by atoms with Crippen LogP contribution in [0.15, 0.2) is 36.5 Å². The minimum atomic E-state index is -4.45. The number of imidazole rings is 1. The van der Waals surface area contributed by atoms with Crippen molar-refractivity contribution >= 4 is 28.0 Å². The van der Waals surface area contributed by atoms with Crippen molar-refractivity contribution in [3.05, 3.63) is 59.2 Å². The van der Waals surface area contributed by atoms with Crippen molar-refractivity contribution in [2.75, 3.05) is 26.3 Å². The van der Waals surface area contributed by atoms with Gasteiger partial charge in [0.2, 0.25) is 0 Å². The number of carbonyl (C=O) groups excluding carboxylic acids is 1. The van der Waals surface area contributed by atoms with Crippen LogP contribution in [0.25, 0.3) is 22.1 Å². The summed E-state index contributed by atoms with van der Waals surface area (Å²) < 4.78 is 44.5. The van der Waals surface area contributed by atoms with E-state index in [0.29, 0.717) is 35.5 Å². The first-order valence-electron chi connectivity index (χ1n) is 12.3. The summed E-state index contributed by atoms with van der Waals surface area (Å²) in [6.07, 6.45) is 0.816. The second-order valence-electron chi connectivity index (χ2n) is 9.66. The Bertz CT molecular complexity index is 1410. The first-order valence-corrected chi connectivity index (χ1v) is 12.3. The molecule has 36 heavy (non-hydrogen) atoms. The minimum absolute atomic E-state index is 0.165. The number of amides is 1. The van der Waals surface area contributed by atoms with E-state index < -0.39 is 11.9 Å². The van der Waals surface area contributed by atoms with Gasteiger partial charge in [-0.1, -0.05) is 6.07 Å². The van der Waals surface area contributed by atoms with Crippen LogP contribution in [-0.4, -0.2) is 57.0 Å². The summed E-state index contributed by atoms with van der Waals surface area (Å²) >= 11 is 0. The number of hydrogen-bond donors (Lipinski definition) is 2. The van der Waals surface area contributed by atoms with Crippen LogP contribution in [-0.2, 0) is 10.9 Å². The molecule has 7 nitrogen and oxygen atoms in total. The highest BCUT2D eigenvalue weighted by atomic mass is 19.4. The molecule has 6 rings (SSSR count). The van der Waals surface area contributed by atoms with E-state index in [1.807, 2.05) is 6.07 Å². The molecule has 2 saturated heterocycles. The Labute approximate surface area is 205 Å². The molecule has 10 heteroatoms. The van der Waals surface area contributed by atoms with Crippen molar-refractivity contribution in [1.82, 2.24) is 24.8 Å². The van der Waals surface area contributed by atoms with E-state index >= 15 is 0 Å². The summed E-state index contributed by atoms with van der Waals surface area (Å²) in [4.78, 5) is 30.1. The summed E-state index contributed by atoms with van der Waals surface area (Å²) in [6.45, 7) is 2.64. The zero-order chi connectivity index (χ0) is 24.9. The molecule has 2 aliphatic rings. The summed E-state index contributed by atoms with van der Waals surface area (Å²) in [5.41, 5.74) is 2.75. The number of H-pyrrole nitrogens is 2. The van der Waals surface area contributed by atoms with Gasteiger partial charge >= 0.3 is 6.18 Å². The van der Waals surface area contributed by atoms with Crippen LogP contribution in [0.1, 0.15) is 65.0 Å². The van der Waals surface area contributed by atoms with Gasteiger partial charge in [-0.2, -0.15) is 13.2 Å². The molecule has 0 saturated carbocycles. The third kappa shape index (κ3) is 4.23. The van der Waals surface area contributed by atoms with Gasteiger partial charge in [0.25, 0.3) is 5.91 Å². The van der Waals surface area contributed by atoms with Gasteiger partial charge in [0.15, 0.2) is 5.65 Å². The number of alkyl halides is 3. The number of rotatable bonds is 3. The third-order valence-electron chi connectivity index (χ3n) is 7.45. The number of nitrogens with one attached hydrogen (secondary N) is 2. The molecule has 2 fully saturated rings. The fraction of sp³-hybridized carbons (Fsp3) is 0.423. The van der Waals surface area contributed by atoms with Crippen LogP contribution in [0.3, 0.4) is 0 Å². The number of nitrogens with zero attached hydrogens (tertiary/aromatic N) is 3. The second-order valence-corrected chi connectivity index (χ2v) is 9.66. The Morgan fingerprint density at radius 3 is 2.53 bits per heavy atom. The molecule has 2 N–H and O–H groups in total. The largest absolute Gasteiger partial charge is 0.431 e. The predicted octanol–water partition coefficient (Wildman–Crippen LogP) is 5.37. The molecule has 3 aromatic heterocycles. The van der Waals surface area contributed by atoms with Crippen LogP contribution < -0.4 is 0 Å². The Morgan fingerprint density at radius 1 is 1.00 bits per heavy atom. The molecule has 0 radical (unpaired) electrons. The van der Waals surface area contributed by atoms with E-state index in [0.717, 1.165) is 62.0 Å². The minimum Gasteiger partial charge on any atom is -0.381 e. The van der Waals surface area contributed by atoms with Gasteiger partial charge in [-0.15, -0.1) is 0 Å². The van der Waals surface area contributed by atoms with Gasteiger partial charge in [-0.3, -0.25) is 4.79 Å². The highest BCUT2D eigenvalue weighted by molar-refractivity contribution is 5.98. The fourth-order valence-corrected chi connectivity index (χ4v) is 5.44. The topological polar surface area (TPSA) is 86.9 Å². The van der Waals surface area contributed by atoms with Crippen LogP contribution in [0.2, 0.25) is 0 Å². The molecule has 0 bridgehead atoms. The number of aromatic nitrogens is 4. The molecule has 2 aliphatic heterocycles. The number of piperidine rings is 1. The Hall–Kier alpha value is -3.40. The van der Waals surface area contributed by atoms with Crippen LogP contribution in [0, 0.1) is 0 Å². The van der Waals surface area contributed by atoms with Crippen molar-refractivity contribution in [2.24, 2.45) is 0 Å². The first-order chi connectivity index (χ1) is 17.4. The van der Waals surface area contributed by atoms with Gasteiger partial charge in [-0.05, 0) is 61.4 Å². The quantitative estimate of drug-likeness (QED) is 0.398. The third-order valence-corrected chi connectivity index (χ3v) is 7.45. The van der Waals surface area contributed by atoms with E-state index in [1.54, 1.807) is 23.2 Å². The molecule has 188 valence electrons. The van der Waals surface area contributed by atoms with E-state index in [-0.39, 0.29) is 11.8 Å². The zero-order valence-corrected chi connectivity index (χ0v) is 19.6. The van der Waals surface area contributed by atoms with Crippen LogP contribution >= 0.6 is 0 Å². The average molecular weight is 498 g/mol. The average Bonchev–Trinajstić information content (AvgIpc) is 3.53. The molecular formula is C26H26F3N5O2. The lowest BCUT2D eigenvalue weighted by Crippen LogP contribution is -2.38. The van der Waals surface area contributed by atoms with E-state index in [4.69, 9.17) is 9.72 Å². The lowest BCUT2D eigenvalue weighted by atomic mass is 9.89. The molecule has 0 aliphatic carbocycles. The number of benzene rings is 1. The van der Waals surface area contributed by atoms with Gasteiger partial charge in [0.05, 0.1) is 5.52 Å². The SMILES string of the molecule is O=C(c1ccc2cc(C(F)(F)F)[nH]c2c1)N1CCC(c2ccnc3nc(C4CCOCC4)[nH]c23)CC1. The van der Waals surface area contributed by atoms with Gasteiger partial charge in [0.1, 0.15) is 11.5 Å². The maximum Gasteiger partial charge on any atom is 0.431 e. The highest BCUT2D eigenvalue weighted by Gasteiger charge is 2.33. The number of ether oxygens (including phenoxy) is 1. The van der Waals surface area contributed by atoms with E-state index in [2.05, 4.69) is 15.0 Å². The summed E-state index contributed by atoms with van der Waals surface area (Å²) in [7, 11) is 0. The Morgan fingerprint density at radius 2 is 1.78 bits per heavy atom. The first kappa shape index (κ1) is 23.0. The summed E-state index contributed by atoms with van der Waals surface area (Å²) in [5.74, 6) is 1.42. The highest BCUT2D eigenvalue weighted by Crippen LogP contribution is 2.35. The number of carbonyl (C=O) groups is 1. The Balaban J connectivity index is 1.17. The second kappa shape index (κ2) is 8.92. The van der Waals surface area contributed by atoms with E-state index in [9.17, 15) is 18.0 Å². The summed E-state index contributed by atoms with van der Waals surface area (Å²) in [5, 5.41) is 0.430. The maximum absolute atomic E-state index is 13.1. The standard InChI is InChI=1S/C26H26F3N5O2/c27-26(28,29)21-14-17-1-2-18(13-20(17)31-21)25(35)34-9-4-15(5-10-34)19-3-8-30-24-22(19)32-23(33-24)16-6-11-36-12-7-16/h1-3,8,13-16,31H,4-7,9-12H2,(H,30,32,33). The monoisotopic (exact) mass is 497 g/mol. The number of aromatic amines is 2. The van der Waals surface area contributed by atoms with Crippen molar-refractivity contribution in [1.29, 1.82) is 0 Å². The normalized spacial score (nSPS) is 18.4.